The highest BCUT2D eigenvalue weighted by atomic mass is 127. The lowest BCUT2D eigenvalue weighted by Crippen LogP contribution is -2.27. The van der Waals surface area contributed by atoms with Crippen molar-refractivity contribution in [3.63, 3.8) is 0 Å². The van der Waals surface area contributed by atoms with Gasteiger partial charge in [0.05, 0.1) is 0 Å². The van der Waals surface area contributed by atoms with E-state index in [-0.39, 0.29) is 11.3 Å². The van der Waals surface area contributed by atoms with Gasteiger partial charge in [-0.3, -0.25) is 4.79 Å². The second kappa shape index (κ2) is 8.65. The Labute approximate surface area is 136 Å². The first-order valence-electron chi connectivity index (χ1n) is 7.40. The maximum absolute atomic E-state index is 12.3. The Kier molecular flexibility index (Phi) is 7.56. The second-order valence-electron chi connectivity index (χ2n) is 6.15. The minimum atomic E-state index is -0.00573. The molecule has 1 amide bonds. The summed E-state index contributed by atoms with van der Waals surface area (Å²) < 4.78 is 1.23. The molecule has 1 rings (SSSR count). The minimum absolute atomic E-state index is 0.00573. The SMILES string of the molecule is CC(C)(C)c1ccccc1C(=O)NCCCCCCI. The zero-order valence-corrected chi connectivity index (χ0v) is 15.0. The van der Waals surface area contributed by atoms with E-state index in [2.05, 4.69) is 54.7 Å². The number of halogens is 1. The van der Waals surface area contributed by atoms with Gasteiger partial charge in [0, 0.05) is 12.1 Å². The standard InChI is InChI=1S/C17H26INO/c1-17(2,3)15-11-7-6-10-14(15)16(20)19-13-9-5-4-8-12-18/h6-7,10-11H,4-5,8-9,12-13H2,1-3H3,(H,19,20). The Morgan fingerprint density at radius 3 is 2.40 bits per heavy atom. The highest BCUT2D eigenvalue weighted by Crippen LogP contribution is 2.25. The molecule has 1 aromatic rings. The number of amides is 1. The molecule has 0 aliphatic heterocycles. The van der Waals surface area contributed by atoms with Crippen LogP contribution in [0, 0.1) is 0 Å². The van der Waals surface area contributed by atoms with Crippen LogP contribution in [0.15, 0.2) is 24.3 Å². The summed E-state index contributed by atoms with van der Waals surface area (Å²) in [4.78, 5) is 12.3. The Balaban J connectivity index is 2.52. The average molecular weight is 387 g/mol. The number of hydrogen-bond donors (Lipinski definition) is 1. The van der Waals surface area contributed by atoms with Crippen molar-refractivity contribution in [3.8, 4) is 0 Å². The first kappa shape index (κ1) is 17.5. The fourth-order valence-electron chi connectivity index (χ4n) is 2.21. The van der Waals surface area contributed by atoms with Crippen molar-refractivity contribution in [1.29, 1.82) is 0 Å². The van der Waals surface area contributed by atoms with Crippen molar-refractivity contribution in [2.75, 3.05) is 11.0 Å². The van der Waals surface area contributed by atoms with E-state index in [0.29, 0.717) is 0 Å². The van der Waals surface area contributed by atoms with Gasteiger partial charge in [-0.05, 0) is 34.3 Å². The van der Waals surface area contributed by atoms with Gasteiger partial charge in [0.15, 0.2) is 0 Å². The Bertz CT molecular complexity index is 423. The van der Waals surface area contributed by atoms with Crippen LogP contribution in [0.3, 0.4) is 0 Å². The molecule has 2 nitrogen and oxygen atoms in total. The van der Waals surface area contributed by atoms with Gasteiger partial charge in [0.25, 0.3) is 5.91 Å². The molecule has 0 heterocycles. The molecule has 0 atom stereocenters. The van der Waals surface area contributed by atoms with Crippen molar-refractivity contribution in [3.05, 3.63) is 35.4 Å². The van der Waals surface area contributed by atoms with Gasteiger partial charge < -0.3 is 5.32 Å². The Morgan fingerprint density at radius 1 is 1.10 bits per heavy atom. The quantitative estimate of drug-likeness (QED) is 0.410. The van der Waals surface area contributed by atoms with E-state index in [0.717, 1.165) is 24.1 Å². The van der Waals surface area contributed by atoms with Gasteiger partial charge in [-0.25, -0.2) is 0 Å². The van der Waals surface area contributed by atoms with Crippen LogP contribution in [0.1, 0.15) is 62.4 Å². The summed E-state index contributed by atoms with van der Waals surface area (Å²) in [5, 5.41) is 3.05. The molecule has 0 fully saturated rings. The van der Waals surface area contributed by atoms with Crippen LogP contribution in [0.2, 0.25) is 0 Å². The van der Waals surface area contributed by atoms with Crippen molar-refractivity contribution < 1.29 is 4.79 Å². The van der Waals surface area contributed by atoms with Gasteiger partial charge in [0.1, 0.15) is 0 Å². The van der Waals surface area contributed by atoms with Crippen LogP contribution in [-0.2, 0) is 5.41 Å². The van der Waals surface area contributed by atoms with Crippen molar-refractivity contribution in [2.24, 2.45) is 0 Å². The number of unbranched alkanes of at least 4 members (excludes halogenated alkanes) is 3. The van der Waals surface area contributed by atoms with Crippen molar-refractivity contribution >= 4 is 28.5 Å². The van der Waals surface area contributed by atoms with Gasteiger partial charge in [-0.2, -0.15) is 0 Å². The lowest BCUT2D eigenvalue weighted by Gasteiger charge is -2.22. The summed E-state index contributed by atoms with van der Waals surface area (Å²) in [6.07, 6.45) is 4.81. The van der Waals surface area contributed by atoms with Crippen LogP contribution in [0.4, 0.5) is 0 Å². The van der Waals surface area contributed by atoms with Crippen LogP contribution in [0.25, 0.3) is 0 Å². The first-order valence-corrected chi connectivity index (χ1v) is 8.93. The molecule has 3 heteroatoms. The number of hydrogen-bond acceptors (Lipinski definition) is 1. The van der Waals surface area contributed by atoms with Gasteiger partial charge in [0.2, 0.25) is 0 Å². The number of alkyl halides is 1. The second-order valence-corrected chi connectivity index (χ2v) is 7.23. The molecular formula is C17H26INO. The molecule has 112 valence electrons. The molecule has 1 N–H and O–H groups in total. The number of nitrogens with one attached hydrogen (secondary N) is 1. The van der Waals surface area contributed by atoms with Crippen LogP contribution < -0.4 is 5.32 Å². The van der Waals surface area contributed by atoms with Crippen molar-refractivity contribution in [2.45, 2.75) is 51.9 Å². The lowest BCUT2D eigenvalue weighted by molar-refractivity contribution is 0.0950. The van der Waals surface area contributed by atoms with E-state index in [9.17, 15) is 4.79 Å². The summed E-state index contributed by atoms with van der Waals surface area (Å²) >= 11 is 2.41. The van der Waals surface area contributed by atoms with E-state index in [4.69, 9.17) is 0 Å². The van der Waals surface area contributed by atoms with Crippen LogP contribution in [-0.4, -0.2) is 16.9 Å². The van der Waals surface area contributed by atoms with Gasteiger partial charge in [-0.1, -0.05) is 74.4 Å². The van der Waals surface area contributed by atoms with E-state index in [1.54, 1.807) is 0 Å². The molecule has 0 aromatic heterocycles. The minimum Gasteiger partial charge on any atom is -0.352 e. The van der Waals surface area contributed by atoms with E-state index >= 15 is 0 Å². The first-order chi connectivity index (χ1) is 9.46. The van der Waals surface area contributed by atoms with E-state index in [1.165, 1.54) is 23.7 Å². The zero-order chi connectivity index (χ0) is 15.0. The molecule has 1 aromatic carbocycles. The molecule has 0 saturated heterocycles. The smallest absolute Gasteiger partial charge is 0.251 e. The maximum Gasteiger partial charge on any atom is 0.251 e. The molecule has 0 aliphatic carbocycles. The molecule has 0 bridgehead atoms. The predicted molar refractivity (Wildman–Crippen MR) is 94.8 cm³/mol. The van der Waals surface area contributed by atoms with E-state index < -0.39 is 0 Å². The Morgan fingerprint density at radius 2 is 1.75 bits per heavy atom. The van der Waals surface area contributed by atoms with Crippen molar-refractivity contribution in [1.82, 2.24) is 5.32 Å². The molecular weight excluding hydrogens is 361 g/mol. The lowest BCUT2D eigenvalue weighted by atomic mass is 9.83. The summed E-state index contributed by atoms with van der Waals surface area (Å²) in [7, 11) is 0. The molecule has 0 saturated carbocycles. The summed E-state index contributed by atoms with van der Waals surface area (Å²) in [5.41, 5.74) is 1.92. The topological polar surface area (TPSA) is 29.1 Å². The number of carbonyl (C=O) groups is 1. The molecule has 20 heavy (non-hydrogen) atoms. The summed E-state index contributed by atoms with van der Waals surface area (Å²) in [6.45, 7) is 7.20. The monoisotopic (exact) mass is 387 g/mol. The fraction of sp³-hybridized carbons (Fsp3) is 0.588. The third-order valence-corrected chi connectivity index (χ3v) is 4.09. The fourth-order valence-corrected chi connectivity index (χ4v) is 2.74. The number of rotatable bonds is 7. The molecule has 0 aliphatic rings. The third-order valence-electron chi connectivity index (χ3n) is 3.33. The summed E-state index contributed by atoms with van der Waals surface area (Å²) in [6, 6.07) is 7.91. The third kappa shape index (κ3) is 5.81. The van der Waals surface area contributed by atoms with E-state index in [1.807, 2.05) is 18.2 Å². The van der Waals surface area contributed by atoms with Gasteiger partial charge in [-0.15, -0.1) is 0 Å². The number of benzene rings is 1. The van der Waals surface area contributed by atoms with Gasteiger partial charge >= 0.3 is 0 Å². The predicted octanol–water partition coefficient (Wildman–Crippen LogP) is 4.71. The molecule has 0 unspecified atom stereocenters. The average Bonchev–Trinajstić information content (AvgIpc) is 2.41. The highest BCUT2D eigenvalue weighted by molar-refractivity contribution is 14.1. The molecule has 0 spiro atoms. The number of carbonyl (C=O) groups excluding carboxylic acids is 1. The largest absolute Gasteiger partial charge is 0.352 e. The normalized spacial score (nSPS) is 11.4. The maximum atomic E-state index is 12.3. The zero-order valence-electron chi connectivity index (χ0n) is 12.8. The van der Waals surface area contributed by atoms with Crippen LogP contribution >= 0.6 is 22.6 Å². The van der Waals surface area contributed by atoms with Crippen LogP contribution in [0.5, 0.6) is 0 Å². The Hall–Kier alpha value is -0.580. The summed E-state index contributed by atoms with van der Waals surface area (Å²) in [5.74, 6) is 0.0596. The molecule has 0 radical (unpaired) electrons. The highest BCUT2D eigenvalue weighted by Gasteiger charge is 2.20.